The molecule has 0 aromatic carbocycles. The molecule has 0 amide bonds. The summed E-state index contributed by atoms with van der Waals surface area (Å²) in [6.07, 6.45) is 2.27. The maximum absolute atomic E-state index is 9.97. The molecule has 0 aliphatic rings. The Balaban J connectivity index is 2.89. The Morgan fingerprint density at radius 1 is 1.83 bits per heavy atom. The van der Waals surface area contributed by atoms with E-state index < -0.39 is 4.92 Å². The molecule has 0 unspecified atom stereocenters. The third-order valence-corrected chi connectivity index (χ3v) is 1.64. The third-order valence-electron chi connectivity index (χ3n) is 1.25. The number of nitrogens with zero attached hydrogens (tertiary/aromatic N) is 3. The van der Waals surface area contributed by atoms with E-state index in [1.807, 2.05) is 0 Å². The van der Waals surface area contributed by atoms with Gasteiger partial charge in [-0.1, -0.05) is 0 Å². The van der Waals surface area contributed by atoms with Crippen LogP contribution in [-0.4, -0.2) is 14.7 Å². The lowest BCUT2D eigenvalue weighted by Gasteiger charge is -1.89. The van der Waals surface area contributed by atoms with Crippen molar-refractivity contribution in [2.75, 3.05) is 0 Å². The summed E-state index contributed by atoms with van der Waals surface area (Å²) in [5.74, 6) is 0. The number of halogens is 1. The number of aryl methyl sites for hydroxylation is 1. The SMILES string of the molecule is Cn1nc(Br)cc1/C=C/[N+](=O)[O-]. The van der Waals surface area contributed by atoms with Gasteiger partial charge >= 0.3 is 0 Å². The van der Waals surface area contributed by atoms with E-state index >= 15 is 0 Å². The van der Waals surface area contributed by atoms with Gasteiger partial charge in [-0.3, -0.25) is 14.8 Å². The predicted molar refractivity (Wildman–Crippen MR) is 46.9 cm³/mol. The lowest BCUT2D eigenvalue weighted by Crippen LogP contribution is -1.93. The van der Waals surface area contributed by atoms with Crippen LogP contribution >= 0.6 is 15.9 Å². The van der Waals surface area contributed by atoms with Gasteiger partial charge < -0.3 is 0 Å². The molecule has 12 heavy (non-hydrogen) atoms. The molecular formula is C6H6BrN3O2. The van der Waals surface area contributed by atoms with Crippen LogP contribution in [0.1, 0.15) is 5.69 Å². The fourth-order valence-corrected chi connectivity index (χ4v) is 1.21. The van der Waals surface area contributed by atoms with Crippen molar-refractivity contribution < 1.29 is 4.92 Å². The Hall–Kier alpha value is -1.17. The van der Waals surface area contributed by atoms with Crippen LogP contribution in [0, 0.1) is 10.1 Å². The molecule has 1 aromatic heterocycles. The molecule has 0 atom stereocenters. The summed E-state index contributed by atoms with van der Waals surface area (Å²) in [4.78, 5) is 9.46. The van der Waals surface area contributed by atoms with Crippen LogP contribution in [0.5, 0.6) is 0 Å². The summed E-state index contributed by atoms with van der Waals surface area (Å²) in [6, 6.07) is 1.69. The smallest absolute Gasteiger partial charge is 0.236 e. The highest BCUT2D eigenvalue weighted by Crippen LogP contribution is 2.10. The molecule has 5 nitrogen and oxygen atoms in total. The minimum Gasteiger partial charge on any atom is -0.267 e. The van der Waals surface area contributed by atoms with E-state index in [0.717, 1.165) is 6.20 Å². The third kappa shape index (κ3) is 2.16. The Bertz CT molecular complexity index is 332. The van der Waals surface area contributed by atoms with E-state index in [1.165, 1.54) is 6.08 Å². The molecule has 0 radical (unpaired) electrons. The monoisotopic (exact) mass is 231 g/mol. The van der Waals surface area contributed by atoms with Crippen LogP contribution in [0.25, 0.3) is 6.08 Å². The van der Waals surface area contributed by atoms with Gasteiger partial charge in [-0.05, 0) is 22.0 Å². The van der Waals surface area contributed by atoms with E-state index in [0.29, 0.717) is 10.3 Å². The van der Waals surface area contributed by atoms with Gasteiger partial charge in [0.05, 0.1) is 10.6 Å². The van der Waals surface area contributed by atoms with Crippen molar-refractivity contribution in [3.05, 3.63) is 32.7 Å². The molecule has 0 saturated heterocycles. The van der Waals surface area contributed by atoms with Crippen molar-refractivity contribution >= 4 is 22.0 Å². The molecule has 0 saturated carbocycles. The van der Waals surface area contributed by atoms with E-state index in [4.69, 9.17) is 0 Å². The Morgan fingerprint density at radius 2 is 2.50 bits per heavy atom. The van der Waals surface area contributed by atoms with E-state index in [-0.39, 0.29) is 0 Å². The van der Waals surface area contributed by atoms with Gasteiger partial charge in [-0.15, -0.1) is 0 Å². The van der Waals surface area contributed by atoms with Crippen molar-refractivity contribution in [2.45, 2.75) is 0 Å². The number of hydrogen-bond acceptors (Lipinski definition) is 3. The number of rotatable bonds is 2. The van der Waals surface area contributed by atoms with Crippen molar-refractivity contribution in [1.82, 2.24) is 9.78 Å². The first-order valence-electron chi connectivity index (χ1n) is 3.11. The highest BCUT2D eigenvalue weighted by molar-refractivity contribution is 9.10. The average Bonchev–Trinajstić information content (AvgIpc) is 2.26. The second-order valence-corrected chi connectivity index (χ2v) is 2.93. The van der Waals surface area contributed by atoms with Gasteiger partial charge in [-0.2, -0.15) is 5.10 Å². The van der Waals surface area contributed by atoms with Crippen LogP contribution < -0.4 is 0 Å². The van der Waals surface area contributed by atoms with Crippen LogP contribution in [0.3, 0.4) is 0 Å². The Kier molecular flexibility index (Phi) is 2.59. The lowest BCUT2D eigenvalue weighted by molar-refractivity contribution is -0.401. The molecule has 1 heterocycles. The van der Waals surface area contributed by atoms with Crippen molar-refractivity contribution in [3.8, 4) is 0 Å². The lowest BCUT2D eigenvalue weighted by atomic mass is 10.4. The molecular weight excluding hydrogens is 226 g/mol. The molecule has 0 aliphatic carbocycles. The first-order valence-corrected chi connectivity index (χ1v) is 3.90. The zero-order chi connectivity index (χ0) is 9.14. The highest BCUT2D eigenvalue weighted by Gasteiger charge is 1.99. The normalized spacial score (nSPS) is 10.8. The predicted octanol–water partition coefficient (Wildman–Crippen LogP) is 1.43. The molecule has 64 valence electrons. The summed E-state index contributed by atoms with van der Waals surface area (Å²) in [7, 11) is 1.71. The molecule has 0 fully saturated rings. The maximum atomic E-state index is 9.97. The summed E-state index contributed by atoms with van der Waals surface area (Å²) < 4.78 is 2.21. The molecule has 0 aliphatic heterocycles. The van der Waals surface area contributed by atoms with Gasteiger partial charge in [0.25, 0.3) is 0 Å². The second-order valence-electron chi connectivity index (χ2n) is 2.12. The Labute approximate surface area is 77.0 Å². The zero-order valence-electron chi connectivity index (χ0n) is 6.27. The molecule has 0 spiro atoms. The fraction of sp³-hybridized carbons (Fsp3) is 0.167. The number of nitro groups is 1. The van der Waals surface area contributed by atoms with Gasteiger partial charge in [0.2, 0.25) is 6.20 Å². The molecule has 0 N–H and O–H groups in total. The summed E-state index contributed by atoms with van der Waals surface area (Å²) in [5, 5.41) is 13.9. The standard InChI is InChI=1S/C6H6BrN3O2/c1-9-5(2-3-10(11)12)4-6(7)8-9/h2-4H,1H3/b3-2+. The van der Waals surface area contributed by atoms with Gasteiger partial charge in [0.1, 0.15) is 4.60 Å². The van der Waals surface area contributed by atoms with E-state index in [9.17, 15) is 10.1 Å². The summed E-state index contributed by atoms with van der Waals surface area (Å²) >= 11 is 3.15. The molecule has 6 heteroatoms. The summed E-state index contributed by atoms with van der Waals surface area (Å²) in [6.45, 7) is 0. The number of aromatic nitrogens is 2. The maximum Gasteiger partial charge on any atom is 0.236 e. The quantitative estimate of drug-likeness (QED) is 0.572. The highest BCUT2D eigenvalue weighted by atomic mass is 79.9. The molecule has 1 aromatic rings. The first kappa shape index (κ1) is 8.92. The zero-order valence-corrected chi connectivity index (χ0v) is 7.85. The summed E-state index contributed by atoms with van der Waals surface area (Å²) in [5.41, 5.74) is 0.679. The van der Waals surface area contributed by atoms with Crippen LogP contribution in [0.4, 0.5) is 0 Å². The van der Waals surface area contributed by atoms with Crippen LogP contribution in [0.15, 0.2) is 16.9 Å². The van der Waals surface area contributed by atoms with Crippen molar-refractivity contribution in [2.24, 2.45) is 7.05 Å². The first-order chi connectivity index (χ1) is 5.59. The van der Waals surface area contributed by atoms with Crippen molar-refractivity contribution in [1.29, 1.82) is 0 Å². The van der Waals surface area contributed by atoms with Gasteiger partial charge in [0, 0.05) is 13.1 Å². The molecule has 1 rings (SSSR count). The second kappa shape index (κ2) is 3.48. The van der Waals surface area contributed by atoms with Gasteiger partial charge in [0.15, 0.2) is 0 Å². The number of hydrogen-bond donors (Lipinski definition) is 0. The fourth-order valence-electron chi connectivity index (χ4n) is 0.739. The van der Waals surface area contributed by atoms with Crippen LogP contribution in [-0.2, 0) is 7.05 Å². The van der Waals surface area contributed by atoms with Crippen molar-refractivity contribution in [3.63, 3.8) is 0 Å². The van der Waals surface area contributed by atoms with Gasteiger partial charge in [-0.25, -0.2) is 0 Å². The van der Waals surface area contributed by atoms with E-state index in [1.54, 1.807) is 17.8 Å². The van der Waals surface area contributed by atoms with E-state index in [2.05, 4.69) is 21.0 Å². The average molecular weight is 232 g/mol. The van der Waals surface area contributed by atoms with Crippen LogP contribution in [0.2, 0.25) is 0 Å². The Morgan fingerprint density at radius 3 is 2.92 bits per heavy atom. The minimum atomic E-state index is -0.513. The minimum absolute atomic E-state index is 0.513. The topological polar surface area (TPSA) is 61.0 Å². The molecule has 0 bridgehead atoms. The largest absolute Gasteiger partial charge is 0.267 e.